The summed E-state index contributed by atoms with van der Waals surface area (Å²) in [5.74, 6) is -0.772. The fourth-order valence-electron chi connectivity index (χ4n) is 2.41. The molecule has 1 saturated heterocycles. The van der Waals surface area contributed by atoms with Crippen LogP contribution in [0.25, 0.3) is 0 Å². The molecule has 0 aliphatic carbocycles. The summed E-state index contributed by atoms with van der Waals surface area (Å²) in [6.45, 7) is 0. The number of β-lactam (4-membered cyclic amide) rings is 1. The minimum atomic E-state index is -0.788. The first-order valence-electron chi connectivity index (χ1n) is 6.90. The fraction of sp³-hybridized carbons (Fsp3) is 0.125. The van der Waals surface area contributed by atoms with Crippen LogP contribution in [0.5, 0.6) is 5.75 Å². The standard InChI is InChI=1S/C16H14ClN3O3/c17-13-14(10-2-1-3-12(21)8-10)20(16(13)23)19-15(22)9-4-6-11(18)7-5-9/h1-8,13-14,21H,18H2,(H,19,22)/t13-,14-/m0/s1. The molecular weight excluding hydrogens is 318 g/mol. The number of rotatable bonds is 3. The van der Waals surface area contributed by atoms with Crippen LogP contribution in [0.2, 0.25) is 0 Å². The van der Waals surface area contributed by atoms with E-state index < -0.39 is 23.2 Å². The van der Waals surface area contributed by atoms with Crippen LogP contribution in [0.15, 0.2) is 48.5 Å². The van der Waals surface area contributed by atoms with Gasteiger partial charge >= 0.3 is 0 Å². The predicted molar refractivity (Wildman–Crippen MR) is 85.7 cm³/mol. The average Bonchev–Trinajstić information content (AvgIpc) is 2.54. The molecule has 1 aliphatic rings. The van der Waals surface area contributed by atoms with Crippen molar-refractivity contribution < 1.29 is 14.7 Å². The maximum Gasteiger partial charge on any atom is 0.269 e. The third kappa shape index (κ3) is 2.80. The van der Waals surface area contributed by atoms with Crippen molar-refractivity contribution in [2.24, 2.45) is 0 Å². The van der Waals surface area contributed by atoms with Gasteiger partial charge in [0.2, 0.25) is 0 Å². The Morgan fingerprint density at radius 1 is 1.22 bits per heavy atom. The van der Waals surface area contributed by atoms with Crippen LogP contribution in [0.4, 0.5) is 5.69 Å². The quantitative estimate of drug-likeness (QED) is 0.454. The van der Waals surface area contributed by atoms with Crippen molar-refractivity contribution in [3.8, 4) is 5.75 Å². The second kappa shape index (κ2) is 5.81. The molecule has 6 nitrogen and oxygen atoms in total. The number of hydrogen-bond donors (Lipinski definition) is 3. The van der Waals surface area contributed by atoms with E-state index in [2.05, 4.69) is 5.43 Å². The molecule has 0 bridgehead atoms. The number of phenols is 1. The fourth-order valence-corrected chi connectivity index (χ4v) is 2.78. The largest absolute Gasteiger partial charge is 0.508 e. The van der Waals surface area contributed by atoms with Gasteiger partial charge in [-0.1, -0.05) is 12.1 Å². The summed E-state index contributed by atoms with van der Waals surface area (Å²) in [5.41, 5.74) is 9.68. The molecule has 0 aromatic heterocycles. The first-order chi connectivity index (χ1) is 11.0. The highest BCUT2D eigenvalue weighted by atomic mass is 35.5. The molecule has 0 spiro atoms. The molecule has 1 aliphatic heterocycles. The van der Waals surface area contributed by atoms with Crippen molar-refractivity contribution in [2.45, 2.75) is 11.4 Å². The van der Waals surface area contributed by atoms with E-state index in [-0.39, 0.29) is 5.75 Å². The van der Waals surface area contributed by atoms with Gasteiger partial charge in [0.1, 0.15) is 17.2 Å². The molecule has 23 heavy (non-hydrogen) atoms. The summed E-state index contributed by atoms with van der Waals surface area (Å²) in [7, 11) is 0. The second-order valence-electron chi connectivity index (χ2n) is 5.21. The second-order valence-corrected chi connectivity index (χ2v) is 5.68. The number of hydrogen-bond acceptors (Lipinski definition) is 4. The molecule has 0 radical (unpaired) electrons. The Labute approximate surface area is 137 Å². The molecule has 1 fully saturated rings. The van der Waals surface area contributed by atoms with E-state index in [1.807, 2.05) is 0 Å². The van der Waals surface area contributed by atoms with Gasteiger partial charge in [0, 0.05) is 11.3 Å². The lowest BCUT2D eigenvalue weighted by molar-refractivity contribution is -0.149. The molecule has 1 heterocycles. The van der Waals surface area contributed by atoms with Crippen molar-refractivity contribution in [1.82, 2.24) is 10.4 Å². The minimum absolute atomic E-state index is 0.0653. The third-order valence-electron chi connectivity index (χ3n) is 3.64. The molecule has 7 heteroatoms. The van der Waals surface area contributed by atoms with Crippen LogP contribution < -0.4 is 11.2 Å². The van der Waals surface area contributed by atoms with Crippen molar-refractivity contribution >= 4 is 29.1 Å². The summed E-state index contributed by atoms with van der Waals surface area (Å²) >= 11 is 6.06. The summed E-state index contributed by atoms with van der Waals surface area (Å²) in [6, 6.07) is 12.2. The van der Waals surface area contributed by atoms with Crippen LogP contribution in [0, 0.1) is 0 Å². The number of benzene rings is 2. The Bertz CT molecular complexity index is 763. The van der Waals surface area contributed by atoms with Crippen molar-refractivity contribution in [3.05, 3.63) is 59.7 Å². The number of carbonyl (C=O) groups excluding carboxylic acids is 2. The van der Waals surface area contributed by atoms with E-state index in [4.69, 9.17) is 17.3 Å². The van der Waals surface area contributed by atoms with Crippen molar-refractivity contribution in [2.75, 3.05) is 5.73 Å². The normalized spacial score (nSPS) is 20.0. The van der Waals surface area contributed by atoms with Crippen LogP contribution in [0.1, 0.15) is 22.0 Å². The molecule has 4 N–H and O–H groups in total. The topological polar surface area (TPSA) is 95.7 Å². The third-order valence-corrected chi connectivity index (χ3v) is 4.06. The molecule has 2 aromatic rings. The van der Waals surface area contributed by atoms with Gasteiger partial charge in [-0.2, -0.15) is 0 Å². The maximum atomic E-state index is 12.2. The van der Waals surface area contributed by atoms with Gasteiger partial charge in [-0.25, -0.2) is 5.01 Å². The number of hydrazine groups is 1. The summed E-state index contributed by atoms with van der Waals surface area (Å²) in [6.07, 6.45) is 0. The van der Waals surface area contributed by atoms with Gasteiger partial charge in [0.15, 0.2) is 0 Å². The minimum Gasteiger partial charge on any atom is -0.508 e. The zero-order chi connectivity index (χ0) is 16.6. The monoisotopic (exact) mass is 331 g/mol. The zero-order valence-electron chi connectivity index (χ0n) is 11.9. The van der Waals surface area contributed by atoms with Gasteiger partial charge in [-0.15, -0.1) is 11.6 Å². The average molecular weight is 332 g/mol. The van der Waals surface area contributed by atoms with Crippen LogP contribution in [-0.2, 0) is 4.79 Å². The van der Waals surface area contributed by atoms with E-state index >= 15 is 0 Å². The Hall–Kier alpha value is -2.73. The molecule has 3 rings (SSSR count). The lowest BCUT2D eigenvalue weighted by Gasteiger charge is -2.43. The van der Waals surface area contributed by atoms with Crippen molar-refractivity contribution in [1.29, 1.82) is 0 Å². The van der Waals surface area contributed by atoms with E-state index in [0.717, 1.165) is 0 Å². The maximum absolute atomic E-state index is 12.2. The van der Waals surface area contributed by atoms with E-state index in [1.54, 1.807) is 36.4 Å². The highest BCUT2D eigenvalue weighted by molar-refractivity contribution is 6.33. The number of phenolic OH excluding ortho intramolecular Hbond substituents is 1. The molecule has 0 saturated carbocycles. The highest BCUT2D eigenvalue weighted by Crippen LogP contribution is 2.38. The number of amides is 2. The van der Waals surface area contributed by atoms with Gasteiger partial charge < -0.3 is 10.8 Å². The van der Waals surface area contributed by atoms with Crippen LogP contribution in [0.3, 0.4) is 0 Å². The van der Waals surface area contributed by atoms with Gasteiger partial charge in [-0.05, 0) is 42.0 Å². The number of halogens is 1. The van der Waals surface area contributed by atoms with Crippen LogP contribution in [-0.4, -0.2) is 27.3 Å². The summed E-state index contributed by atoms with van der Waals surface area (Å²) in [4.78, 5) is 24.2. The Balaban J connectivity index is 1.79. The number of nitrogen functional groups attached to an aromatic ring is 1. The van der Waals surface area contributed by atoms with Crippen molar-refractivity contribution in [3.63, 3.8) is 0 Å². The molecular formula is C16H14ClN3O3. The van der Waals surface area contributed by atoms with E-state index in [1.165, 1.54) is 17.1 Å². The number of alkyl halides is 1. The number of carbonyl (C=O) groups is 2. The Kier molecular flexibility index (Phi) is 3.83. The SMILES string of the molecule is Nc1ccc(C(=O)NN2C(=O)[C@@H](Cl)[C@@H]2c2cccc(O)c2)cc1. The van der Waals surface area contributed by atoms with E-state index in [9.17, 15) is 14.7 Å². The summed E-state index contributed by atoms with van der Waals surface area (Å²) < 4.78 is 0. The number of nitrogens with zero attached hydrogens (tertiary/aromatic N) is 1. The van der Waals surface area contributed by atoms with E-state index in [0.29, 0.717) is 16.8 Å². The van der Waals surface area contributed by atoms with Gasteiger partial charge in [0.05, 0.1) is 0 Å². The molecule has 2 atom stereocenters. The zero-order valence-corrected chi connectivity index (χ0v) is 12.7. The van der Waals surface area contributed by atoms with Gasteiger partial charge in [0.25, 0.3) is 11.8 Å². The lowest BCUT2D eigenvalue weighted by Crippen LogP contribution is -2.63. The number of aromatic hydroxyl groups is 1. The molecule has 118 valence electrons. The Morgan fingerprint density at radius 3 is 2.57 bits per heavy atom. The Morgan fingerprint density at radius 2 is 1.91 bits per heavy atom. The lowest BCUT2D eigenvalue weighted by atomic mass is 9.95. The first-order valence-corrected chi connectivity index (χ1v) is 7.33. The number of nitrogens with one attached hydrogen (secondary N) is 1. The molecule has 2 aromatic carbocycles. The van der Waals surface area contributed by atoms with Crippen LogP contribution >= 0.6 is 11.6 Å². The van der Waals surface area contributed by atoms with Gasteiger partial charge in [-0.3, -0.25) is 15.0 Å². The highest BCUT2D eigenvalue weighted by Gasteiger charge is 2.48. The molecule has 2 amide bonds. The molecule has 0 unspecified atom stereocenters. The first kappa shape index (κ1) is 15.2. The number of nitrogens with two attached hydrogens (primary N) is 1. The predicted octanol–water partition coefficient (Wildman–Crippen LogP) is 1.81. The smallest absolute Gasteiger partial charge is 0.269 e. The summed E-state index contributed by atoms with van der Waals surface area (Å²) in [5, 5.41) is 9.94. The number of anilines is 1.